The summed E-state index contributed by atoms with van der Waals surface area (Å²) in [5.41, 5.74) is 3.27. The maximum absolute atomic E-state index is 11.2. The molecule has 0 atom stereocenters. The molecule has 98 valence electrons. The molecule has 0 amide bonds. The Morgan fingerprint density at radius 2 is 1.60 bits per heavy atom. The minimum absolute atomic E-state index is 0.259. The van der Waals surface area contributed by atoms with Gasteiger partial charge >= 0.3 is 5.97 Å². The molecule has 0 saturated heterocycles. The van der Waals surface area contributed by atoms with Crippen LogP contribution in [0.2, 0.25) is 0 Å². The molecule has 0 aliphatic heterocycles. The molecule has 0 bridgehead atoms. The van der Waals surface area contributed by atoms with E-state index in [1.54, 1.807) is 22.9 Å². The van der Waals surface area contributed by atoms with E-state index >= 15 is 0 Å². The van der Waals surface area contributed by atoms with Gasteiger partial charge in [0.1, 0.15) is 5.69 Å². The molecular formula is C17H13NO2. The third-order valence-electron chi connectivity index (χ3n) is 3.20. The Hall–Kier alpha value is -2.81. The van der Waals surface area contributed by atoms with Gasteiger partial charge in [-0.15, -0.1) is 0 Å². The van der Waals surface area contributed by atoms with Crippen LogP contribution in [0.5, 0.6) is 0 Å². The average Bonchev–Trinajstić information content (AvgIpc) is 2.98. The molecule has 1 aromatic heterocycles. The summed E-state index contributed by atoms with van der Waals surface area (Å²) in [6.07, 6.45) is 1.76. The highest BCUT2D eigenvalue weighted by Gasteiger charge is 2.10. The molecule has 20 heavy (non-hydrogen) atoms. The highest BCUT2D eigenvalue weighted by Crippen LogP contribution is 2.22. The lowest BCUT2D eigenvalue weighted by Gasteiger charge is -2.09. The van der Waals surface area contributed by atoms with Crippen molar-refractivity contribution in [2.45, 2.75) is 0 Å². The third-order valence-corrected chi connectivity index (χ3v) is 3.20. The van der Waals surface area contributed by atoms with Crippen molar-refractivity contribution in [3.63, 3.8) is 0 Å². The van der Waals surface area contributed by atoms with Gasteiger partial charge in [0.15, 0.2) is 0 Å². The molecule has 3 aromatic rings. The molecule has 1 heterocycles. The second-order valence-corrected chi connectivity index (χ2v) is 4.48. The van der Waals surface area contributed by atoms with E-state index in [-0.39, 0.29) is 5.69 Å². The maximum atomic E-state index is 11.2. The van der Waals surface area contributed by atoms with E-state index in [1.807, 2.05) is 54.6 Å². The number of rotatable bonds is 3. The lowest BCUT2D eigenvalue weighted by molar-refractivity contribution is 0.0688. The smallest absolute Gasteiger partial charge is 0.352 e. The predicted octanol–water partition coefficient (Wildman–Crippen LogP) is 3.84. The van der Waals surface area contributed by atoms with Crippen LogP contribution in [0.3, 0.4) is 0 Å². The van der Waals surface area contributed by atoms with Gasteiger partial charge in [-0.05, 0) is 35.4 Å². The minimum Gasteiger partial charge on any atom is -0.477 e. The Kier molecular flexibility index (Phi) is 3.09. The highest BCUT2D eigenvalue weighted by atomic mass is 16.4. The van der Waals surface area contributed by atoms with Gasteiger partial charge in [0.05, 0.1) is 0 Å². The van der Waals surface area contributed by atoms with E-state index in [1.165, 1.54) is 0 Å². The van der Waals surface area contributed by atoms with Crippen molar-refractivity contribution in [1.29, 1.82) is 0 Å². The molecule has 3 nitrogen and oxygen atoms in total. The van der Waals surface area contributed by atoms with E-state index in [0.29, 0.717) is 0 Å². The standard InChI is InChI=1S/C17H13NO2/c19-17(20)16-10-5-11-18(16)15-9-4-8-14(12-15)13-6-2-1-3-7-13/h1-12H,(H,19,20). The molecule has 0 unspecified atom stereocenters. The van der Waals surface area contributed by atoms with Crippen LogP contribution in [0.25, 0.3) is 16.8 Å². The highest BCUT2D eigenvalue weighted by molar-refractivity contribution is 5.86. The molecule has 0 spiro atoms. The summed E-state index contributed by atoms with van der Waals surface area (Å²) in [5, 5.41) is 9.18. The number of aromatic nitrogens is 1. The zero-order valence-corrected chi connectivity index (χ0v) is 10.7. The summed E-state index contributed by atoms with van der Waals surface area (Å²) in [4.78, 5) is 11.2. The zero-order chi connectivity index (χ0) is 13.9. The Morgan fingerprint density at radius 3 is 2.35 bits per heavy atom. The molecule has 3 heteroatoms. The third kappa shape index (κ3) is 2.21. The van der Waals surface area contributed by atoms with Crippen molar-refractivity contribution < 1.29 is 9.90 Å². The summed E-state index contributed by atoms with van der Waals surface area (Å²) < 4.78 is 1.68. The van der Waals surface area contributed by atoms with Crippen molar-refractivity contribution in [2.75, 3.05) is 0 Å². The number of hydrogen-bond donors (Lipinski definition) is 1. The lowest BCUT2D eigenvalue weighted by atomic mass is 10.1. The van der Waals surface area contributed by atoms with Gasteiger partial charge in [0.2, 0.25) is 0 Å². The average molecular weight is 263 g/mol. The van der Waals surface area contributed by atoms with Gasteiger partial charge in [-0.1, -0.05) is 42.5 Å². The largest absolute Gasteiger partial charge is 0.477 e. The van der Waals surface area contributed by atoms with Crippen molar-refractivity contribution >= 4 is 5.97 Å². The Balaban J connectivity index is 2.08. The molecular weight excluding hydrogens is 250 g/mol. The van der Waals surface area contributed by atoms with Gasteiger partial charge in [0.25, 0.3) is 0 Å². The van der Waals surface area contributed by atoms with Crippen LogP contribution in [0.1, 0.15) is 10.5 Å². The first kappa shape index (κ1) is 12.2. The van der Waals surface area contributed by atoms with E-state index in [0.717, 1.165) is 16.8 Å². The van der Waals surface area contributed by atoms with Crippen molar-refractivity contribution in [3.8, 4) is 16.8 Å². The van der Waals surface area contributed by atoms with Crippen molar-refractivity contribution in [1.82, 2.24) is 4.57 Å². The van der Waals surface area contributed by atoms with Crippen LogP contribution in [-0.2, 0) is 0 Å². The van der Waals surface area contributed by atoms with Gasteiger partial charge in [-0.2, -0.15) is 0 Å². The molecule has 0 aliphatic carbocycles. The summed E-state index contributed by atoms with van der Waals surface area (Å²) in [5.74, 6) is -0.930. The van der Waals surface area contributed by atoms with Crippen LogP contribution in [0.4, 0.5) is 0 Å². The first-order valence-electron chi connectivity index (χ1n) is 6.32. The number of carboxylic acids is 1. The quantitative estimate of drug-likeness (QED) is 0.780. The first-order valence-corrected chi connectivity index (χ1v) is 6.32. The predicted molar refractivity (Wildman–Crippen MR) is 78.2 cm³/mol. The van der Waals surface area contributed by atoms with E-state index in [9.17, 15) is 9.90 Å². The SMILES string of the molecule is O=C(O)c1cccn1-c1cccc(-c2ccccc2)c1. The fraction of sp³-hybridized carbons (Fsp3) is 0. The van der Waals surface area contributed by atoms with Gasteiger partial charge in [0, 0.05) is 11.9 Å². The number of nitrogens with zero attached hydrogens (tertiary/aromatic N) is 1. The summed E-state index contributed by atoms with van der Waals surface area (Å²) in [6.45, 7) is 0. The molecule has 1 N–H and O–H groups in total. The van der Waals surface area contributed by atoms with Crippen LogP contribution >= 0.6 is 0 Å². The monoisotopic (exact) mass is 263 g/mol. The number of carbonyl (C=O) groups is 1. The Bertz CT molecular complexity index is 744. The first-order chi connectivity index (χ1) is 9.75. The Labute approximate surface area is 116 Å². The van der Waals surface area contributed by atoms with Crippen LogP contribution in [0.15, 0.2) is 72.9 Å². The number of benzene rings is 2. The van der Waals surface area contributed by atoms with Gasteiger partial charge in [-0.25, -0.2) is 4.79 Å². The second-order valence-electron chi connectivity index (χ2n) is 4.48. The molecule has 0 saturated carbocycles. The lowest BCUT2D eigenvalue weighted by Crippen LogP contribution is -2.05. The number of aromatic carboxylic acids is 1. The second kappa shape index (κ2) is 5.05. The van der Waals surface area contributed by atoms with Crippen LogP contribution in [-0.4, -0.2) is 15.6 Å². The van der Waals surface area contributed by atoms with E-state index in [4.69, 9.17) is 0 Å². The van der Waals surface area contributed by atoms with Crippen LogP contribution < -0.4 is 0 Å². The molecule has 2 aromatic carbocycles. The normalized spacial score (nSPS) is 10.4. The molecule has 0 radical (unpaired) electrons. The van der Waals surface area contributed by atoms with E-state index in [2.05, 4.69) is 0 Å². The fourth-order valence-corrected chi connectivity index (χ4v) is 2.25. The van der Waals surface area contributed by atoms with Gasteiger partial charge in [-0.3, -0.25) is 0 Å². The Morgan fingerprint density at radius 1 is 0.850 bits per heavy atom. The zero-order valence-electron chi connectivity index (χ0n) is 10.7. The van der Waals surface area contributed by atoms with E-state index < -0.39 is 5.97 Å². The topological polar surface area (TPSA) is 42.2 Å². The molecule has 0 fully saturated rings. The number of hydrogen-bond acceptors (Lipinski definition) is 1. The molecule has 0 aliphatic rings. The summed E-state index contributed by atoms with van der Waals surface area (Å²) in [6, 6.07) is 21.2. The fourth-order valence-electron chi connectivity index (χ4n) is 2.25. The van der Waals surface area contributed by atoms with Crippen LogP contribution in [0, 0.1) is 0 Å². The molecule has 3 rings (SSSR count). The summed E-state index contributed by atoms with van der Waals surface area (Å²) in [7, 11) is 0. The number of carboxylic acid groups (broad SMARTS) is 1. The van der Waals surface area contributed by atoms with Gasteiger partial charge < -0.3 is 9.67 Å². The maximum Gasteiger partial charge on any atom is 0.352 e. The summed E-state index contributed by atoms with van der Waals surface area (Å²) >= 11 is 0. The van der Waals surface area contributed by atoms with Crippen molar-refractivity contribution in [3.05, 3.63) is 78.6 Å². The minimum atomic E-state index is -0.930. The van der Waals surface area contributed by atoms with Crippen molar-refractivity contribution in [2.24, 2.45) is 0 Å².